The molecule has 48 heavy (non-hydrogen) atoms. The molecule has 7 aromatic rings. The minimum Gasteiger partial charge on any atom is -0.338 e. The van der Waals surface area contributed by atoms with E-state index in [0.717, 1.165) is 0 Å². The van der Waals surface area contributed by atoms with Gasteiger partial charge in [0.2, 0.25) is 0 Å². The number of benzene rings is 7. The molecule has 0 bridgehead atoms. The molecule has 2 saturated carbocycles. The average Bonchev–Trinajstić information content (AvgIpc) is 3.16. The highest BCUT2D eigenvalue weighted by atomic mass is 15.2. The molecular weight excluding hydrogens is 581 g/mol. The number of hydrogen-bond acceptors (Lipinski definition) is 2. The molecule has 0 aromatic heterocycles. The van der Waals surface area contributed by atoms with Crippen LogP contribution >= 0.6 is 0 Å². The topological polar surface area (TPSA) is 6.48 Å². The number of nitrogens with zero attached hydrogens (tertiary/aromatic N) is 2. The van der Waals surface area contributed by atoms with E-state index in [1.54, 1.807) is 0 Å². The molecular formula is C46H44N2. The number of hydrogen-bond donors (Lipinski definition) is 0. The van der Waals surface area contributed by atoms with Crippen molar-refractivity contribution in [1.82, 2.24) is 0 Å². The molecule has 0 atom stereocenters. The summed E-state index contributed by atoms with van der Waals surface area (Å²) in [5, 5.41) is 8.12. The second-order valence-electron chi connectivity index (χ2n) is 14.2. The maximum Gasteiger partial charge on any atom is 0.0493 e. The lowest BCUT2D eigenvalue weighted by Crippen LogP contribution is -2.33. The van der Waals surface area contributed by atoms with Gasteiger partial charge in [0.1, 0.15) is 0 Å². The second-order valence-corrected chi connectivity index (χ2v) is 14.2. The van der Waals surface area contributed by atoms with Crippen molar-refractivity contribution in [3.05, 3.63) is 133 Å². The van der Waals surface area contributed by atoms with Crippen molar-refractivity contribution in [3.8, 4) is 11.1 Å². The van der Waals surface area contributed by atoms with Crippen molar-refractivity contribution >= 4 is 55.1 Å². The molecule has 2 nitrogen and oxygen atoms in total. The maximum absolute atomic E-state index is 2.66. The van der Waals surface area contributed by atoms with E-state index in [0.29, 0.717) is 12.1 Å². The van der Waals surface area contributed by atoms with Gasteiger partial charge in [-0.25, -0.2) is 0 Å². The zero-order valence-electron chi connectivity index (χ0n) is 27.8. The summed E-state index contributed by atoms with van der Waals surface area (Å²) in [6, 6.07) is 51.5. The summed E-state index contributed by atoms with van der Waals surface area (Å²) in [6.45, 7) is 0. The van der Waals surface area contributed by atoms with Crippen molar-refractivity contribution in [2.75, 3.05) is 9.80 Å². The average molecular weight is 625 g/mol. The third-order valence-electron chi connectivity index (χ3n) is 11.3. The summed E-state index contributed by atoms with van der Waals surface area (Å²) in [5.41, 5.74) is 7.83. The largest absolute Gasteiger partial charge is 0.338 e. The summed E-state index contributed by atoms with van der Waals surface area (Å²) in [7, 11) is 0. The molecule has 2 aliphatic carbocycles. The maximum atomic E-state index is 2.66. The first kappa shape index (κ1) is 29.3. The smallest absolute Gasteiger partial charge is 0.0493 e. The number of rotatable bonds is 7. The van der Waals surface area contributed by atoms with E-state index in [2.05, 4.69) is 143 Å². The first-order valence-electron chi connectivity index (χ1n) is 18.3. The van der Waals surface area contributed by atoms with Crippen molar-refractivity contribution in [3.63, 3.8) is 0 Å². The van der Waals surface area contributed by atoms with Gasteiger partial charge < -0.3 is 9.80 Å². The minimum absolute atomic E-state index is 0.526. The van der Waals surface area contributed by atoms with Gasteiger partial charge in [-0.1, -0.05) is 130 Å². The lowest BCUT2D eigenvalue weighted by molar-refractivity contribution is 0.436. The Morgan fingerprint density at radius 2 is 0.854 bits per heavy atom. The Kier molecular flexibility index (Phi) is 7.73. The van der Waals surface area contributed by atoms with Crippen molar-refractivity contribution < 1.29 is 0 Å². The Bertz CT molecular complexity index is 2140. The lowest BCUT2D eigenvalue weighted by atomic mass is 9.88. The van der Waals surface area contributed by atoms with Crippen LogP contribution in [0.3, 0.4) is 0 Å². The zero-order chi connectivity index (χ0) is 31.9. The first-order valence-corrected chi connectivity index (χ1v) is 18.3. The normalized spacial score (nSPS) is 16.2. The highest BCUT2D eigenvalue weighted by Gasteiger charge is 2.26. The SMILES string of the molecule is c1ccc(N(c2ccc(-c3ccc4ccc5c(N(c6ccccc6)C6CCCCC6)ccc6ccc3c4c65)cc2)C2CCCCC2)cc1. The van der Waals surface area contributed by atoms with Crippen LogP contribution < -0.4 is 9.80 Å². The van der Waals surface area contributed by atoms with Crippen molar-refractivity contribution in [2.45, 2.75) is 76.3 Å². The molecule has 0 spiro atoms. The van der Waals surface area contributed by atoms with Crippen LogP contribution in [-0.4, -0.2) is 12.1 Å². The van der Waals surface area contributed by atoms with E-state index in [4.69, 9.17) is 0 Å². The third-order valence-corrected chi connectivity index (χ3v) is 11.3. The van der Waals surface area contributed by atoms with Crippen LogP contribution in [0.4, 0.5) is 22.7 Å². The van der Waals surface area contributed by atoms with Gasteiger partial charge in [-0.15, -0.1) is 0 Å². The molecule has 0 heterocycles. The Hall–Kier alpha value is -4.82. The van der Waals surface area contributed by atoms with E-state index < -0.39 is 0 Å². The van der Waals surface area contributed by atoms with Crippen LogP contribution in [0.1, 0.15) is 64.2 Å². The molecule has 0 aliphatic heterocycles. The summed E-state index contributed by atoms with van der Waals surface area (Å²) < 4.78 is 0. The standard InChI is InChI=1S/C46H44N2/c1-5-13-36(14-6-1)47(37-15-7-2-8-16-37)40-27-21-33(22-28-40)41-29-23-34-25-31-43-44(32-26-35-24-30-42(41)45(34)46(35)43)48(38-17-9-3-10-18-38)39-19-11-4-12-20-39/h1,3,5-6,9-10,13-14,17-18,21-32,37,39H,2,4,7-8,11-12,15-16,19-20H2. The third kappa shape index (κ3) is 5.19. The van der Waals surface area contributed by atoms with Gasteiger partial charge in [0.05, 0.1) is 0 Å². The van der Waals surface area contributed by atoms with Crippen LogP contribution in [0.25, 0.3) is 43.4 Å². The summed E-state index contributed by atoms with van der Waals surface area (Å²) in [5.74, 6) is 0. The van der Waals surface area contributed by atoms with E-state index in [1.165, 1.54) is 130 Å². The minimum atomic E-state index is 0.526. The van der Waals surface area contributed by atoms with Gasteiger partial charge in [0, 0.05) is 40.2 Å². The quantitative estimate of drug-likeness (QED) is 0.163. The summed E-state index contributed by atoms with van der Waals surface area (Å²) >= 11 is 0. The monoisotopic (exact) mass is 624 g/mol. The Morgan fingerprint density at radius 3 is 1.48 bits per heavy atom. The van der Waals surface area contributed by atoms with Crippen LogP contribution in [0.15, 0.2) is 133 Å². The molecule has 238 valence electrons. The van der Waals surface area contributed by atoms with Gasteiger partial charge in [-0.2, -0.15) is 0 Å². The van der Waals surface area contributed by atoms with Gasteiger partial charge in [-0.3, -0.25) is 0 Å². The molecule has 9 rings (SSSR count). The van der Waals surface area contributed by atoms with E-state index >= 15 is 0 Å². The van der Waals surface area contributed by atoms with Gasteiger partial charge in [-0.05, 0) is 106 Å². The number of anilines is 4. The van der Waals surface area contributed by atoms with E-state index in [-0.39, 0.29) is 0 Å². The zero-order valence-corrected chi connectivity index (χ0v) is 27.8. The van der Waals surface area contributed by atoms with Crippen LogP contribution in [0, 0.1) is 0 Å². The van der Waals surface area contributed by atoms with Gasteiger partial charge >= 0.3 is 0 Å². The Balaban J connectivity index is 1.16. The Labute approximate surface area is 285 Å². The molecule has 0 amide bonds. The molecule has 0 radical (unpaired) electrons. The van der Waals surface area contributed by atoms with Gasteiger partial charge in [0.25, 0.3) is 0 Å². The fourth-order valence-corrected chi connectivity index (χ4v) is 9.02. The van der Waals surface area contributed by atoms with E-state index in [9.17, 15) is 0 Å². The highest BCUT2D eigenvalue weighted by molar-refractivity contribution is 6.27. The van der Waals surface area contributed by atoms with Crippen LogP contribution in [0.5, 0.6) is 0 Å². The molecule has 0 N–H and O–H groups in total. The van der Waals surface area contributed by atoms with Crippen molar-refractivity contribution in [1.29, 1.82) is 0 Å². The Morgan fingerprint density at radius 1 is 0.375 bits per heavy atom. The predicted molar refractivity (Wildman–Crippen MR) is 206 cm³/mol. The van der Waals surface area contributed by atoms with E-state index in [1.807, 2.05) is 0 Å². The number of para-hydroxylation sites is 2. The molecule has 2 fully saturated rings. The fourth-order valence-electron chi connectivity index (χ4n) is 9.02. The lowest BCUT2D eigenvalue weighted by Gasteiger charge is -2.37. The van der Waals surface area contributed by atoms with Crippen LogP contribution in [0.2, 0.25) is 0 Å². The van der Waals surface area contributed by atoms with Crippen molar-refractivity contribution in [2.24, 2.45) is 0 Å². The first-order chi connectivity index (χ1) is 23.8. The highest BCUT2D eigenvalue weighted by Crippen LogP contribution is 2.45. The summed E-state index contributed by atoms with van der Waals surface area (Å²) in [4.78, 5) is 5.26. The predicted octanol–water partition coefficient (Wildman–Crippen LogP) is 13.2. The molecule has 0 saturated heterocycles. The molecule has 7 aromatic carbocycles. The van der Waals surface area contributed by atoms with Crippen LogP contribution in [-0.2, 0) is 0 Å². The fraction of sp³-hybridized carbons (Fsp3) is 0.261. The molecule has 2 heteroatoms. The molecule has 0 unspecified atom stereocenters. The summed E-state index contributed by atoms with van der Waals surface area (Å²) in [6.07, 6.45) is 13.0. The van der Waals surface area contributed by atoms with Gasteiger partial charge in [0.15, 0.2) is 0 Å². The molecule has 2 aliphatic rings. The second kappa shape index (κ2) is 12.7.